The van der Waals surface area contributed by atoms with Crippen molar-refractivity contribution in [2.75, 3.05) is 54.1 Å². The van der Waals surface area contributed by atoms with Crippen LogP contribution in [-0.4, -0.2) is 75.6 Å². The van der Waals surface area contributed by atoms with Crippen molar-refractivity contribution in [3.63, 3.8) is 0 Å². The van der Waals surface area contributed by atoms with Crippen molar-refractivity contribution in [1.29, 1.82) is 0 Å². The highest BCUT2D eigenvalue weighted by Crippen LogP contribution is 2.43. The first-order valence-electron chi connectivity index (χ1n) is 22.2. The van der Waals surface area contributed by atoms with Crippen LogP contribution in [0.25, 0.3) is 0 Å². The highest BCUT2D eigenvalue weighted by Gasteiger charge is 2.26. The number of hydrogen-bond acceptors (Lipinski definition) is 6. The smallest absolute Gasteiger partial charge is 0.457 e. The molecule has 2 atom stereocenters. The Bertz CT molecular complexity index is 962. The van der Waals surface area contributed by atoms with E-state index in [0.717, 1.165) is 44.9 Å². The minimum absolute atomic E-state index is 0.0856. The number of carbonyl (C=O) groups excluding carboxylic acids is 1. The summed E-state index contributed by atoms with van der Waals surface area (Å²) >= 11 is 0. The van der Waals surface area contributed by atoms with Crippen molar-refractivity contribution in [2.45, 2.75) is 193 Å². The molecule has 0 radical (unpaired) electrons. The summed E-state index contributed by atoms with van der Waals surface area (Å²) in [7, 11) is 1.66. The molecule has 0 bridgehead atoms. The summed E-state index contributed by atoms with van der Waals surface area (Å²) in [4.78, 5) is 22.9. The lowest BCUT2D eigenvalue weighted by Gasteiger charge is -2.24. The second kappa shape index (κ2) is 38.6. The number of nitrogens with zero attached hydrogens (tertiary/aromatic N) is 1. The molecule has 0 heterocycles. The Kier molecular flexibility index (Phi) is 37.7. The van der Waals surface area contributed by atoms with Crippen LogP contribution in [0.2, 0.25) is 0 Å². The van der Waals surface area contributed by atoms with Gasteiger partial charge in [-0.15, -0.1) is 0 Å². The Morgan fingerprint density at radius 3 is 1.56 bits per heavy atom. The standard InChI is InChI=1S/C45H86NO7P/c1-6-8-10-12-14-16-18-20-22-23-24-26-28-30-32-34-36-38-45(47)53-44(43-52-54(48,49)51-41-39-46(3,4)5)42-50-40-37-35-33-31-29-27-25-21-19-17-15-13-11-9-7-2/h14,16,19-22,44H,6-13,15,17-18,23-43H2,1-5H3/p+1/b16-14-,21-19-,22-20-. The summed E-state index contributed by atoms with van der Waals surface area (Å²) in [5, 5.41) is 0. The van der Waals surface area contributed by atoms with E-state index in [4.69, 9.17) is 18.5 Å². The van der Waals surface area contributed by atoms with Gasteiger partial charge in [0.1, 0.15) is 19.3 Å². The van der Waals surface area contributed by atoms with Crippen LogP contribution >= 0.6 is 7.82 Å². The maximum absolute atomic E-state index is 12.7. The van der Waals surface area contributed by atoms with Gasteiger partial charge < -0.3 is 18.9 Å². The fourth-order valence-electron chi connectivity index (χ4n) is 5.93. The molecule has 0 saturated carbocycles. The number of rotatable bonds is 41. The zero-order chi connectivity index (χ0) is 39.9. The second-order valence-electron chi connectivity index (χ2n) is 16.1. The predicted molar refractivity (Wildman–Crippen MR) is 229 cm³/mol. The van der Waals surface area contributed by atoms with Crippen molar-refractivity contribution in [3.8, 4) is 0 Å². The number of phosphoric ester groups is 1. The summed E-state index contributed by atoms with van der Waals surface area (Å²) in [5.74, 6) is -0.324. The number of unbranched alkanes of at least 4 members (excludes halogenated alkanes) is 21. The molecule has 8 nitrogen and oxygen atoms in total. The van der Waals surface area contributed by atoms with Crippen LogP contribution < -0.4 is 0 Å². The summed E-state index contributed by atoms with van der Waals surface area (Å²) in [6.07, 6.45) is 44.5. The van der Waals surface area contributed by atoms with E-state index in [1.54, 1.807) is 0 Å². The van der Waals surface area contributed by atoms with E-state index >= 15 is 0 Å². The fraction of sp³-hybridized carbons (Fsp3) is 0.844. The second-order valence-corrected chi connectivity index (χ2v) is 17.5. The zero-order valence-corrected chi connectivity index (χ0v) is 36.9. The van der Waals surface area contributed by atoms with E-state index in [1.165, 1.54) is 122 Å². The predicted octanol–water partition coefficient (Wildman–Crippen LogP) is 13.0. The summed E-state index contributed by atoms with van der Waals surface area (Å²) in [5.41, 5.74) is 0. The minimum atomic E-state index is -4.28. The van der Waals surface area contributed by atoms with Crippen LogP contribution in [0.5, 0.6) is 0 Å². The van der Waals surface area contributed by atoms with Gasteiger partial charge in [-0.05, 0) is 70.6 Å². The molecule has 0 aromatic heterocycles. The van der Waals surface area contributed by atoms with E-state index in [0.29, 0.717) is 24.1 Å². The molecular weight excluding hydrogens is 697 g/mol. The van der Waals surface area contributed by atoms with Gasteiger partial charge >= 0.3 is 13.8 Å². The number of allylic oxidation sites excluding steroid dienone is 6. The number of phosphoric acid groups is 1. The van der Waals surface area contributed by atoms with Gasteiger partial charge in [0.25, 0.3) is 0 Å². The topological polar surface area (TPSA) is 91.3 Å². The van der Waals surface area contributed by atoms with Gasteiger partial charge in [0, 0.05) is 13.0 Å². The van der Waals surface area contributed by atoms with Crippen molar-refractivity contribution in [1.82, 2.24) is 0 Å². The van der Waals surface area contributed by atoms with Gasteiger partial charge in [0.05, 0.1) is 34.4 Å². The summed E-state index contributed by atoms with van der Waals surface area (Å²) in [6.45, 7) is 5.57. The van der Waals surface area contributed by atoms with E-state index in [2.05, 4.69) is 50.3 Å². The molecule has 0 amide bonds. The lowest BCUT2D eigenvalue weighted by atomic mass is 10.1. The van der Waals surface area contributed by atoms with Gasteiger partial charge in [-0.2, -0.15) is 0 Å². The molecule has 0 aromatic carbocycles. The van der Waals surface area contributed by atoms with Crippen molar-refractivity contribution >= 4 is 13.8 Å². The van der Waals surface area contributed by atoms with Crippen LogP contribution in [0.15, 0.2) is 36.5 Å². The molecule has 0 spiro atoms. The molecule has 0 aromatic rings. The summed E-state index contributed by atoms with van der Waals surface area (Å²) in [6, 6.07) is 0. The van der Waals surface area contributed by atoms with Crippen LogP contribution in [0.4, 0.5) is 0 Å². The van der Waals surface area contributed by atoms with Crippen LogP contribution in [0.1, 0.15) is 187 Å². The van der Waals surface area contributed by atoms with E-state index < -0.39 is 13.9 Å². The lowest BCUT2D eigenvalue weighted by molar-refractivity contribution is -0.870. The maximum Gasteiger partial charge on any atom is 0.472 e. The third-order valence-electron chi connectivity index (χ3n) is 9.42. The third kappa shape index (κ3) is 41.9. The van der Waals surface area contributed by atoms with Gasteiger partial charge in [-0.25, -0.2) is 4.57 Å². The summed E-state index contributed by atoms with van der Waals surface area (Å²) < 4.78 is 35.0. The van der Waals surface area contributed by atoms with E-state index in [1.807, 2.05) is 21.1 Å². The zero-order valence-electron chi connectivity index (χ0n) is 36.0. The van der Waals surface area contributed by atoms with Gasteiger partial charge in [-0.1, -0.05) is 147 Å². The molecule has 9 heteroatoms. The quantitative estimate of drug-likeness (QED) is 0.0217. The Morgan fingerprint density at radius 1 is 0.574 bits per heavy atom. The van der Waals surface area contributed by atoms with Crippen molar-refractivity contribution in [3.05, 3.63) is 36.5 Å². The molecule has 1 N–H and O–H groups in total. The lowest BCUT2D eigenvalue weighted by Crippen LogP contribution is -2.37. The van der Waals surface area contributed by atoms with Gasteiger partial charge in [0.2, 0.25) is 0 Å². The number of hydrogen-bond donors (Lipinski definition) is 1. The molecule has 0 aliphatic heterocycles. The van der Waals surface area contributed by atoms with Crippen molar-refractivity contribution < 1.29 is 37.3 Å². The molecule has 2 unspecified atom stereocenters. The highest BCUT2D eigenvalue weighted by atomic mass is 31.2. The average Bonchev–Trinajstić information content (AvgIpc) is 3.12. The van der Waals surface area contributed by atoms with E-state index in [-0.39, 0.29) is 25.8 Å². The first-order chi connectivity index (χ1) is 26.1. The van der Waals surface area contributed by atoms with Crippen LogP contribution in [0.3, 0.4) is 0 Å². The number of carbonyl (C=O) groups is 1. The Balaban J connectivity index is 4.25. The molecule has 0 fully saturated rings. The van der Waals surface area contributed by atoms with Crippen LogP contribution in [-0.2, 0) is 27.9 Å². The largest absolute Gasteiger partial charge is 0.472 e. The van der Waals surface area contributed by atoms with Gasteiger partial charge in [0.15, 0.2) is 0 Å². The molecule has 54 heavy (non-hydrogen) atoms. The molecule has 0 aliphatic rings. The average molecular weight is 785 g/mol. The molecule has 0 rings (SSSR count). The third-order valence-corrected chi connectivity index (χ3v) is 10.4. The monoisotopic (exact) mass is 785 g/mol. The Hall–Kier alpha value is -1.28. The normalized spacial score (nSPS) is 14.1. The first kappa shape index (κ1) is 52.7. The van der Waals surface area contributed by atoms with Gasteiger partial charge in [-0.3, -0.25) is 13.8 Å². The Morgan fingerprint density at radius 2 is 1.02 bits per heavy atom. The molecule has 0 aliphatic carbocycles. The molecule has 318 valence electrons. The number of quaternary nitrogens is 1. The highest BCUT2D eigenvalue weighted by molar-refractivity contribution is 7.47. The maximum atomic E-state index is 12.7. The number of esters is 1. The van der Waals surface area contributed by atoms with Crippen molar-refractivity contribution in [2.24, 2.45) is 0 Å². The SMILES string of the molecule is CCCCC/C=C\C/C=C\CCCCCCCCCC(=O)OC(COCCCCCCCC/C=C\CCCCCCC)COP(=O)(O)OCC[N+](C)(C)C. The van der Waals surface area contributed by atoms with E-state index in [9.17, 15) is 14.3 Å². The van der Waals surface area contributed by atoms with Crippen LogP contribution in [0, 0.1) is 0 Å². The Labute approximate surface area is 334 Å². The molecular formula is C45H87NO7P+. The minimum Gasteiger partial charge on any atom is -0.457 e. The number of likely N-dealkylation sites (N-methyl/N-ethyl adjacent to an activating group) is 1. The molecule has 0 saturated heterocycles. The number of ether oxygens (including phenoxy) is 2. The fourth-order valence-corrected chi connectivity index (χ4v) is 6.67. The first-order valence-corrected chi connectivity index (χ1v) is 23.7.